The molecule has 0 saturated carbocycles. The van der Waals surface area contributed by atoms with Gasteiger partial charge in [-0.05, 0) is 47.5 Å². The van der Waals surface area contributed by atoms with Crippen LogP contribution in [0.15, 0.2) is 71.3 Å². The minimum Gasteiger partial charge on any atom is -0.467 e. The molecule has 3 aromatic rings. The highest BCUT2D eigenvalue weighted by Gasteiger charge is 2.34. The molecule has 0 aliphatic carbocycles. The second kappa shape index (κ2) is 9.81. The molecule has 1 aliphatic rings. The molecule has 4 rings (SSSR count). The molecule has 7 heteroatoms. The number of nitrogens with one attached hydrogen (secondary N) is 1. The second-order valence-electron chi connectivity index (χ2n) is 7.49. The predicted molar refractivity (Wildman–Crippen MR) is 117 cm³/mol. The lowest BCUT2D eigenvalue weighted by Gasteiger charge is -2.17. The molecular weight excluding hydrogens is 416 g/mol. The van der Waals surface area contributed by atoms with E-state index < -0.39 is 0 Å². The molecule has 160 valence electrons. The molecule has 1 fully saturated rings. The van der Waals surface area contributed by atoms with Gasteiger partial charge < -0.3 is 19.4 Å². The van der Waals surface area contributed by atoms with Gasteiger partial charge in [-0.25, -0.2) is 0 Å². The zero-order valence-corrected chi connectivity index (χ0v) is 17.7. The maximum Gasteiger partial charge on any atom is 0.227 e. The maximum absolute atomic E-state index is 12.6. The summed E-state index contributed by atoms with van der Waals surface area (Å²) >= 11 is 5.92. The van der Waals surface area contributed by atoms with Crippen molar-refractivity contribution in [3.05, 3.63) is 88.8 Å². The highest BCUT2D eigenvalue weighted by Crippen LogP contribution is 2.26. The number of anilines is 1. The average Bonchev–Trinajstić information content (AvgIpc) is 3.43. The van der Waals surface area contributed by atoms with Crippen LogP contribution in [0.1, 0.15) is 23.3 Å². The van der Waals surface area contributed by atoms with E-state index in [0.717, 1.165) is 22.6 Å². The van der Waals surface area contributed by atoms with Gasteiger partial charge in [0.1, 0.15) is 12.4 Å². The molecule has 6 nitrogen and oxygen atoms in total. The lowest BCUT2D eigenvalue weighted by molar-refractivity contribution is -0.126. The summed E-state index contributed by atoms with van der Waals surface area (Å²) in [6.07, 6.45) is 1.82. The van der Waals surface area contributed by atoms with Crippen LogP contribution < -0.4 is 10.2 Å². The molecule has 1 saturated heterocycles. The lowest BCUT2D eigenvalue weighted by atomic mass is 10.1. The number of amides is 2. The fraction of sp³-hybridized carbons (Fsp3) is 0.250. The Morgan fingerprint density at radius 2 is 1.90 bits per heavy atom. The van der Waals surface area contributed by atoms with Crippen LogP contribution in [0.5, 0.6) is 0 Å². The predicted octanol–water partition coefficient (Wildman–Crippen LogP) is 4.32. The number of carbonyl (C=O) groups excluding carboxylic acids is 2. The summed E-state index contributed by atoms with van der Waals surface area (Å²) in [7, 11) is 0. The third kappa shape index (κ3) is 5.54. The number of hydrogen-bond donors (Lipinski definition) is 1. The fourth-order valence-corrected chi connectivity index (χ4v) is 3.71. The number of rotatable bonds is 8. The number of carbonyl (C=O) groups is 2. The normalized spacial score (nSPS) is 16.0. The Balaban J connectivity index is 1.27. The molecule has 1 N–H and O–H groups in total. The van der Waals surface area contributed by atoms with Gasteiger partial charge in [-0.3, -0.25) is 9.59 Å². The van der Waals surface area contributed by atoms with E-state index in [-0.39, 0.29) is 24.2 Å². The van der Waals surface area contributed by atoms with Crippen molar-refractivity contribution in [1.29, 1.82) is 0 Å². The van der Waals surface area contributed by atoms with Gasteiger partial charge in [0, 0.05) is 30.2 Å². The Bertz CT molecular complexity index is 1030. The Morgan fingerprint density at radius 1 is 1.10 bits per heavy atom. The van der Waals surface area contributed by atoms with E-state index in [1.54, 1.807) is 35.4 Å². The van der Waals surface area contributed by atoms with Crippen LogP contribution in [0.2, 0.25) is 5.02 Å². The molecule has 2 aromatic carbocycles. The van der Waals surface area contributed by atoms with Crippen LogP contribution in [0.3, 0.4) is 0 Å². The van der Waals surface area contributed by atoms with Crippen LogP contribution in [0, 0.1) is 5.92 Å². The molecule has 0 spiro atoms. The van der Waals surface area contributed by atoms with Crippen LogP contribution >= 0.6 is 11.6 Å². The van der Waals surface area contributed by atoms with Crippen molar-refractivity contribution in [2.24, 2.45) is 5.92 Å². The number of benzene rings is 2. The number of ether oxygens (including phenoxy) is 1. The van der Waals surface area contributed by atoms with Crippen molar-refractivity contribution in [3.8, 4) is 0 Å². The standard InChI is InChI=1S/C24H23ClN2O4/c25-20-6-8-21(9-7-20)27-14-19(12-23(27)28)24(29)26-13-17-3-1-4-18(11-17)15-30-16-22-5-2-10-31-22/h1-11,19H,12-16H2,(H,26,29). The minimum absolute atomic E-state index is 0.0572. The van der Waals surface area contributed by atoms with Crippen molar-refractivity contribution in [3.63, 3.8) is 0 Å². The van der Waals surface area contributed by atoms with Crippen LogP contribution in [0.25, 0.3) is 0 Å². The van der Waals surface area contributed by atoms with E-state index in [0.29, 0.717) is 31.3 Å². The van der Waals surface area contributed by atoms with Gasteiger partial charge in [0.15, 0.2) is 0 Å². The van der Waals surface area contributed by atoms with Gasteiger partial charge >= 0.3 is 0 Å². The second-order valence-corrected chi connectivity index (χ2v) is 7.93. The van der Waals surface area contributed by atoms with E-state index in [2.05, 4.69) is 5.32 Å². The maximum atomic E-state index is 12.6. The first kappa shape index (κ1) is 21.2. The van der Waals surface area contributed by atoms with E-state index in [4.69, 9.17) is 20.8 Å². The first-order valence-electron chi connectivity index (χ1n) is 10.1. The summed E-state index contributed by atoms with van der Waals surface area (Å²) in [6.45, 7) is 1.63. The highest BCUT2D eigenvalue weighted by molar-refractivity contribution is 6.30. The van der Waals surface area contributed by atoms with Crippen LogP contribution in [-0.2, 0) is 34.1 Å². The zero-order valence-electron chi connectivity index (χ0n) is 16.9. The molecule has 1 unspecified atom stereocenters. The van der Waals surface area contributed by atoms with Crippen LogP contribution in [0.4, 0.5) is 5.69 Å². The topological polar surface area (TPSA) is 71.8 Å². The van der Waals surface area contributed by atoms with Gasteiger partial charge in [-0.1, -0.05) is 35.9 Å². The average molecular weight is 439 g/mol. The largest absolute Gasteiger partial charge is 0.467 e. The van der Waals surface area contributed by atoms with Gasteiger partial charge in [0.2, 0.25) is 11.8 Å². The summed E-state index contributed by atoms with van der Waals surface area (Å²) in [6, 6.07) is 18.6. The highest BCUT2D eigenvalue weighted by atomic mass is 35.5. The minimum atomic E-state index is -0.372. The van der Waals surface area contributed by atoms with E-state index in [1.807, 2.05) is 36.4 Å². The summed E-state index contributed by atoms with van der Waals surface area (Å²) < 4.78 is 10.9. The number of hydrogen-bond acceptors (Lipinski definition) is 4. The smallest absolute Gasteiger partial charge is 0.227 e. The molecule has 1 atom stereocenters. The zero-order chi connectivity index (χ0) is 21.6. The third-order valence-corrected chi connectivity index (χ3v) is 5.44. The summed E-state index contributed by atoms with van der Waals surface area (Å²) in [5.41, 5.74) is 2.75. The van der Waals surface area contributed by atoms with E-state index in [9.17, 15) is 9.59 Å². The quantitative estimate of drug-likeness (QED) is 0.568. The summed E-state index contributed by atoms with van der Waals surface area (Å²) in [5, 5.41) is 3.56. The SMILES string of the molecule is O=C(NCc1cccc(COCc2ccco2)c1)C1CC(=O)N(c2ccc(Cl)cc2)C1. The van der Waals surface area contributed by atoms with Gasteiger partial charge in [0.25, 0.3) is 0 Å². The molecule has 0 bridgehead atoms. The van der Waals surface area contributed by atoms with E-state index in [1.165, 1.54) is 0 Å². The van der Waals surface area contributed by atoms with Crippen LogP contribution in [-0.4, -0.2) is 18.4 Å². The Morgan fingerprint density at radius 3 is 2.68 bits per heavy atom. The fourth-order valence-electron chi connectivity index (χ4n) is 3.58. The van der Waals surface area contributed by atoms with Crippen molar-refractivity contribution in [2.45, 2.75) is 26.2 Å². The Kier molecular flexibility index (Phi) is 6.70. The number of nitrogens with zero attached hydrogens (tertiary/aromatic N) is 1. The summed E-state index contributed by atoms with van der Waals surface area (Å²) in [4.78, 5) is 26.6. The molecule has 31 heavy (non-hydrogen) atoms. The summed E-state index contributed by atoms with van der Waals surface area (Å²) in [5.74, 6) is 0.229. The van der Waals surface area contributed by atoms with Gasteiger partial charge in [0.05, 0.1) is 18.8 Å². The first-order chi connectivity index (χ1) is 15.1. The van der Waals surface area contributed by atoms with E-state index >= 15 is 0 Å². The third-order valence-electron chi connectivity index (χ3n) is 5.19. The first-order valence-corrected chi connectivity index (χ1v) is 10.5. The lowest BCUT2D eigenvalue weighted by Crippen LogP contribution is -2.32. The number of halogens is 1. The molecule has 1 aromatic heterocycles. The van der Waals surface area contributed by atoms with Crippen molar-refractivity contribution >= 4 is 29.1 Å². The van der Waals surface area contributed by atoms with Crippen molar-refractivity contribution in [2.75, 3.05) is 11.4 Å². The van der Waals surface area contributed by atoms with Crippen molar-refractivity contribution in [1.82, 2.24) is 5.32 Å². The molecule has 2 heterocycles. The van der Waals surface area contributed by atoms with Gasteiger partial charge in [-0.15, -0.1) is 0 Å². The Hall–Kier alpha value is -3.09. The molecule has 0 radical (unpaired) electrons. The monoisotopic (exact) mass is 438 g/mol. The number of furan rings is 1. The van der Waals surface area contributed by atoms with Crippen molar-refractivity contribution < 1.29 is 18.7 Å². The Labute approximate surface area is 185 Å². The molecule has 1 aliphatic heterocycles. The molecule has 2 amide bonds. The van der Waals surface area contributed by atoms with Gasteiger partial charge in [-0.2, -0.15) is 0 Å². The molecular formula is C24H23ClN2O4.